The molecular weight excluding hydrogens is 452 g/mol. The summed E-state index contributed by atoms with van der Waals surface area (Å²) in [5, 5.41) is 2.80. The van der Waals surface area contributed by atoms with E-state index in [0.717, 1.165) is 11.1 Å². The number of rotatable bonds is 7. The van der Waals surface area contributed by atoms with E-state index in [0.29, 0.717) is 29.5 Å². The molecule has 1 aliphatic heterocycles. The Labute approximate surface area is 199 Å². The second-order valence-corrected chi connectivity index (χ2v) is 9.91. The summed E-state index contributed by atoms with van der Waals surface area (Å²) in [4.78, 5) is 13.3. The quantitative estimate of drug-likeness (QED) is 0.507. The molecule has 176 valence electrons. The molecule has 8 heteroatoms. The fraction of sp³-hybridized carbons (Fsp3) is 0.192. The van der Waals surface area contributed by atoms with E-state index in [1.165, 1.54) is 4.31 Å². The van der Waals surface area contributed by atoms with Crippen LogP contribution in [-0.4, -0.2) is 33.6 Å². The number of aryl methyl sites for hydroxylation is 2. The number of amides is 1. The van der Waals surface area contributed by atoms with Gasteiger partial charge in [0.15, 0.2) is 6.10 Å². The summed E-state index contributed by atoms with van der Waals surface area (Å²) in [7, 11) is -3.92. The first-order valence-corrected chi connectivity index (χ1v) is 12.2. The van der Waals surface area contributed by atoms with Crippen LogP contribution >= 0.6 is 0 Å². The number of carbonyl (C=O) groups excluding carboxylic acids is 1. The van der Waals surface area contributed by atoms with E-state index in [9.17, 15) is 13.2 Å². The van der Waals surface area contributed by atoms with E-state index in [4.69, 9.17) is 9.47 Å². The molecule has 0 aliphatic carbocycles. The minimum Gasteiger partial charge on any atom is -0.489 e. The Kier molecular flexibility index (Phi) is 6.61. The Balaban J connectivity index is 1.63. The molecule has 0 bridgehead atoms. The fourth-order valence-corrected chi connectivity index (χ4v) is 5.08. The van der Waals surface area contributed by atoms with Crippen molar-refractivity contribution in [3.63, 3.8) is 0 Å². The maximum atomic E-state index is 13.5. The minimum absolute atomic E-state index is 0.151. The molecule has 0 saturated carbocycles. The van der Waals surface area contributed by atoms with Crippen LogP contribution in [0.1, 0.15) is 11.1 Å². The van der Waals surface area contributed by atoms with E-state index in [1.54, 1.807) is 66.7 Å². The molecule has 0 spiro atoms. The average molecular weight is 479 g/mol. The Bertz CT molecular complexity index is 1320. The number of fused-ring (bicyclic) bond motifs is 1. The van der Waals surface area contributed by atoms with E-state index < -0.39 is 22.0 Å². The van der Waals surface area contributed by atoms with Gasteiger partial charge in [-0.15, -0.1) is 0 Å². The minimum atomic E-state index is -3.92. The summed E-state index contributed by atoms with van der Waals surface area (Å²) in [6.45, 7) is 7.56. The zero-order valence-corrected chi connectivity index (χ0v) is 19.8. The van der Waals surface area contributed by atoms with Crippen molar-refractivity contribution < 1.29 is 22.7 Å². The average Bonchev–Trinajstić information content (AvgIpc) is 2.82. The Hall–Kier alpha value is -3.78. The lowest BCUT2D eigenvalue weighted by molar-refractivity contribution is -0.122. The Morgan fingerprint density at radius 1 is 1.12 bits per heavy atom. The molecule has 0 fully saturated rings. The second kappa shape index (κ2) is 9.61. The molecule has 4 rings (SSSR count). The van der Waals surface area contributed by atoms with Gasteiger partial charge < -0.3 is 14.8 Å². The van der Waals surface area contributed by atoms with Crippen LogP contribution in [0.15, 0.2) is 84.3 Å². The van der Waals surface area contributed by atoms with Crippen LogP contribution in [0, 0.1) is 13.8 Å². The van der Waals surface area contributed by atoms with Gasteiger partial charge in [-0.25, -0.2) is 8.42 Å². The van der Waals surface area contributed by atoms with Crippen molar-refractivity contribution in [3.05, 3.63) is 90.5 Å². The molecule has 7 nitrogen and oxygen atoms in total. The Morgan fingerprint density at radius 3 is 2.59 bits per heavy atom. The number of sulfonamides is 1. The number of anilines is 2. The molecule has 0 saturated heterocycles. The summed E-state index contributed by atoms with van der Waals surface area (Å²) < 4.78 is 39.8. The molecule has 0 unspecified atom stereocenters. The first-order chi connectivity index (χ1) is 16.3. The third-order valence-electron chi connectivity index (χ3n) is 5.36. The summed E-state index contributed by atoms with van der Waals surface area (Å²) in [5.74, 6) is 0.453. The van der Waals surface area contributed by atoms with Gasteiger partial charge in [0.05, 0.1) is 17.1 Å². The van der Waals surface area contributed by atoms with Crippen LogP contribution in [0.25, 0.3) is 0 Å². The molecule has 1 N–H and O–H groups in total. The third-order valence-corrected chi connectivity index (χ3v) is 7.15. The lowest BCUT2D eigenvalue weighted by Gasteiger charge is -2.35. The zero-order valence-electron chi connectivity index (χ0n) is 19.0. The largest absolute Gasteiger partial charge is 0.489 e. The fourth-order valence-electron chi connectivity index (χ4n) is 3.60. The van der Waals surface area contributed by atoms with Crippen LogP contribution < -0.4 is 19.1 Å². The van der Waals surface area contributed by atoms with Crippen molar-refractivity contribution in [2.75, 3.05) is 22.8 Å². The van der Waals surface area contributed by atoms with Gasteiger partial charge in [0.1, 0.15) is 18.1 Å². The predicted molar refractivity (Wildman–Crippen MR) is 132 cm³/mol. The molecule has 34 heavy (non-hydrogen) atoms. The van der Waals surface area contributed by atoms with E-state index in [-0.39, 0.29) is 11.4 Å². The normalized spacial score (nSPS) is 15.1. The first-order valence-electron chi connectivity index (χ1n) is 10.8. The predicted octanol–water partition coefficient (Wildman–Crippen LogP) is 4.46. The van der Waals surface area contributed by atoms with Crippen molar-refractivity contribution in [1.29, 1.82) is 0 Å². The van der Waals surface area contributed by atoms with E-state index >= 15 is 0 Å². The summed E-state index contributed by atoms with van der Waals surface area (Å²) in [6, 6.07) is 18.8. The number of benzene rings is 3. The summed E-state index contributed by atoms with van der Waals surface area (Å²) >= 11 is 0. The van der Waals surface area contributed by atoms with Gasteiger partial charge in [0, 0.05) is 11.8 Å². The standard InChI is InChI=1S/C26H26N2O5S/c1-4-14-32-21-7-5-6-20(16-21)27-26(29)25-17-28(23-13-10-19(3)15-24(23)33-25)34(30,31)22-11-8-18(2)9-12-22/h4-13,15-16,25H,1,14,17H2,2-3H3,(H,27,29)/t25-/m1/s1. The lowest BCUT2D eigenvalue weighted by Crippen LogP contribution is -2.48. The second-order valence-electron chi connectivity index (χ2n) is 8.04. The lowest BCUT2D eigenvalue weighted by atomic mass is 10.1. The molecule has 3 aromatic carbocycles. The van der Waals surface area contributed by atoms with Gasteiger partial charge >= 0.3 is 0 Å². The molecule has 1 aliphatic rings. The van der Waals surface area contributed by atoms with Crippen molar-refractivity contribution in [3.8, 4) is 11.5 Å². The van der Waals surface area contributed by atoms with Gasteiger partial charge in [-0.1, -0.05) is 42.5 Å². The third kappa shape index (κ3) is 4.92. The molecule has 1 amide bonds. The number of carbonyl (C=O) groups is 1. The first kappa shape index (κ1) is 23.4. The van der Waals surface area contributed by atoms with Gasteiger partial charge in [0.2, 0.25) is 0 Å². The zero-order chi connectivity index (χ0) is 24.3. The van der Waals surface area contributed by atoms with Gasteiger partial charge in [0.25, 0.3) is 15.9 Å². The van der Waals surface area contributed by atoms with Crippen LogP contribution in [-0.2, 0) is 14.8 Å². The highest BCUT2D eigenvalue weighted by atomic mass is 32.2. The van der Waals surface area contributed by atoms with Crippen molar-refractivity contribution in [2.24, 2.45) is 0 Å². The number of hydrogen-bond donors (Lipinski definition) is 1. The number of nitrogens with one attached hydrogen (secondary N) is 1. The van der Waals surface area contributed by atoms with Crippen LogP contribution in [0.3, 0.4) is 0 Å². The smallest absolute Gasteiger partial charge is 0.267 e. The molecule has 0 aromatic heterocycles. The van der Waals surface area contributed by atoms with E-state index in [1.807, 2.05) is 19.9 Å². The SMILES string of the molecule is C=CCOc1cccc(NC(=O)[C@H]2CN(S(=O)(=O)c3ccc(C)cc3)c3ccc(C)cc3O2)c1. The number of hydrogen-bond acceptors (Lipinski definition) is 5. The molecule has 1 atom stereocenters. The topological polar surface area (TPSA) is 84.9 Å². The van der Waals surface area contributed by atoms with Crippen LogP contribution in [0.2, 0.25) is 0 Å². The highest BCUT2D eigenvalue weighted by Gasteiger charge is 2.37. The molecule has 1 heterocycles. The van der Waals surface area contributed by atoms with Gasteiger partial charge in [-0.05, 0) is 55.8 Å². The van der Waals surface area contributed by atoms with Crippen LogP contribution in [0.5, 0.6) is 11.5 Å². The van der Waals surface area contributed by atoms with Crippen molar-refractivity contribution in [1.82, 2.24) is 0 Å². The highest BCUT2D eigenvalue weighted by Crippen LogP contribution is 2.38. The maximum Gasteiger partial charge on any atom is 0.267 e. The molecular formula is C26H26N2O5S. The van der Waals surface area contributed by atoms with Crippen LogP contribution in [0.4, 0.5) is 11.4 Å². The van der Waals surface area contributed by atoms with Crippen molar-refractivity contribution in [2.45, 2.75) is 24.8 Å². The molecule has 0 radical (unpaired) electrons. The Morgan fingerprint density at radius 2 is 1.85 bits per heavy atom. The van der Waals surface area contributed by atoms with E-state index in [2.05, 4.69) is 11.9 Å². The highest BCUT2D eigenvalue weighted by molar-refractivity contribution is 7.92. The number of nitrogens with zero attached hydrogens (tertiary/aromatic N) is 1. The number of ether oxygens (including phenoxy) is 2. The monoisotopic (exact) mass is 478 g/mol. The molecule has 3 aromatic rings. The summed E-state index contributed by atoms with van der Waals surface area (Å²) in [5.41, 5.74) is 2.75. The maximum absolute atomic E-state index is 13.5. The van der Waals surface area contributed by atoms with Gasteiger partial charge in [-0.3, -0.25) is 9.10 Å². The summed E-state index contributed by atoms with van der Waals surface area (Å²) in [6.07, 6.45) is 0.580. The van der Waals surface area contributed by atoms with Gasteiger partial charge in [-0.2, -0.15) is 0 Å². The van der Waals surface area contributed by atoms with Crippen molar-refractivity contribution >= 4 is 27.3 Å².